The Balaban J connectivity index is 1.28. The fourth-order valence-corrected chi connectivity index (χ4v) is 6.94. The first kappa shape index (κ1) is 35.7. The van der Waals surface area contributed by atoms with E-state index in [2.05, 4.69) is 16.0 Å². The second-order valence-electron chi connectivity index (χ2n) is 13.2. The number of hydrogen-bond acceptors (Lipinski definition) is 9. The molecule has 0 aliphatic carbocycles. The Morgan fingerprint density at radius 1 is 1.06 bits per heavy atom. The number of aromatic nitrogens is 2. The van der Waals surface area contributed by atoms with Gasteiger partial charge in [0.2, 0.25) is 11.5 Å². The highest BCUT2D eigenvalue weighted by Crippen LogP contribution is 2.41. The largest absolute Gasteiger partial charge is 0.457 e. The number of nitrogens with zero attached hydrogens (tertiary/aromatic N) is 2. The summed E-state index contributed by atoms with van der Waals surface area (Å²) in [5, 5.41) is 10.2. The van der Waals surface area contributed by atoms with Crippen LogP contribution in [0.2, 0.25) is 0 Å². The number of amides is 1. The molecule has 0 bridgehead atoms. The maximum absolute atomic E-state index is 14.1. The number of carbonyl (C=O) groups is 3. The van der Waals surface area contributed by atoms with Crippen LogP contribution in [0.15, 0.2) is 71.5 Å². The van der Waals surface area contributed by atoms with E-state index in [0.29, 0.717) is 43.7 Å². The number of cyclic esters (lactones) is 1. The van der Waals surface area contributed by atoms with Gasteiger partial charge in [0.05, 0.1) is 29.0 Å². The zero-order valence-electron chi connectivity index (χ0n) is 28.9. The van der Waals surface area contributed by atoms with E-state index in [0.717, 1.165) is 22.2 Å². The van der Waals surface area contributed by atoms with Gasteiger partial charge in [-0.2, -0.15) is 0 Å². The monoisotopic (exact) mass is 710 g/mol. The van der Waals surface area contributed by atoms with Crippen molar-refractivity contribution in [2.75, 3.05) is 11.9 Å². The summed E-state index contributed by atoms with van der Waals surface area (Å²) in [4.78, 5) is 60.4. The maximum Gasteiger partial charge on any atom is 0.355 e. The lowest BCUT2D eigenvalue weighted by atomic mass is 9.85. The Morgan fingerprint density at radius 3 is 2.53 bits per heavy atom. The van der Waals surface area contributed by atoms with E-state index in [1.807, 2.05) is 60.7 Å². The third-order valence-electron chi connectivity index (χ3n) is 9.48. The van der Waals surface area contributed by atoms with Crippen molar-refractivity contribution in [3.63, 3.8) is 0 Å². The predicted molar refractivity (Wildman–Crippen MR) is 198 cm³/mol. The molecule has 0 saturated heterocycles. The molecule has 0 radical (unpaired) electrons. The van der Waals surface area contributed by atoms with Gasteiger partial charge in [0.25, 0.3) is 5.56 Å². The van der Waals surface area contributed by atoms with Crippen LogP contribution in [0.25, 0.3) is 22.3 Å². The molecule has 3 atom stereocenters. The number of fused-ring (bicyclic) bond motifs is 5. The van der Waals surface area contributed by atoms with Gasteiger partial charge in [-0.05, 0) is 80.7 Å². The van der Waals surface area contributed by atoms with E-state index < -0.39 is 41.4 Å². The third kappa shape index (κ3) is 7.08. The van der Waals surface area contributed by atoms with E-state index in [9.17, 15) is 19.2 Å². The first-order valence-corrected chi connectivity index (χ1v) is 17.7. The van der Waals surface area contributed by atoms with E-state index in [4.69, 9.17) is 32.4 Å². The number of nitrogens with one attached hydrogen (secondary N) is 3. The lowest BCUT2D eigenvalue weighted by Gasteiger charge is -2.37. The van der Waals surface area contributed by atoms with Gasteiger partial charge < -0.3 is 35.7 Å². The molecule has 266 valence electrons. The molecule has 2 aromatic carbocycles. The van der Waals surface area contributed by atoms with E-state index >= 15 is 0 Å². The molecule has 4 heterocycles. The Bertz CT molecular complexity index is 2050. The van der Waals surface area contributed by atoms with Crippen LogP contribution >= 0.6 is 12.2 Å². The number of anilines is 1. The van der Waals surface area contributed by atoms with Gasteiger partial charge in [-0.1, -0.05) is 57.2 Å². The van der Waals surface area contributed by atoms with Crippen molar-refractivity contribution in [3.05, 3.63) is 93.8 Å². The topological polar surface area (TPSA) is 167 Å². The van der Waals surface area contributed by atoms with Crippen molar-refractivity contribution in [3.8, 4) is 11.4 Å². The van der Waals surface area contributed by atoms with Crippen LogP contribution in [-0.2, 0) is 42.6 Å². The molecular weight excluding hydrogens is 669 g/mol. The molecule has 12 nitrogen and oxygen atoms in total. The van der Waals surface area contributed by atoms with E-state index in [1.54, 1.807) is 31.4 Å². The molecule has 2 aliphatic heterocycles. The smallest absolute Gasteiger partial charge is 0.355 e. The van der Waals surface area contributed by atoms with Gasteiger partial charge in [-0.15, -0.1) is 0 Å². The molecule has 1 amide bonds. The Labute approximate surface area is 301 Å². The Morgan fingerprint density at radius 2 is 1.80 bits per heavy atom. The molecule has 0 unspecified atom stereocenters. The third-order valence-corrected chi connectivity index (χ3v) is 9.70. The molecule has 0 spiro atoms. The summed E-state index contributed by atoms with van der Waals surface area (Å²) >= 11 is 5.51. The SMILES string of the molecule is CC[C@@]1(OC(=O)[C@@H](NC(=O)[C@H](CCCCN)NC(=S)Nc2ccccc2)C(C)C)C(=O)OCc2c1cc1n(c2=O)Cc2cc3ccccc3nc2-1. The summed E-state index contributed by atoms with van der Waals surface area (Å²) in [5.41, 5.74) is 7.51. The molecule has 0 fully saturated rings. The second-order valence-corrected chi connectivity index (χ2v) is 13.6. The van der Waals surface area contributed by atoms with Crippen LogP contribution in [0.3, 0.4) is 0 Å². The second kappa shape index (κ2) is 15.0. The van der Waals surface area contributed by atoms with Gasteiger partial charge in [0, 0.05) is 22.2 Å². The fourth-order valence-electron chi connectivity index (χ4n) is 6.68. The standard InChI is InChI=1S/C38H42N6O6S/c1-4-38(27-19-30-32-24(18-23-12-8-9-15-28(23)41-32)20-44(30)34(46)26(27)21-49-36(38)48)50-35(47)31(22(2)3)43-33(45)29(16-10-11-17-39)42-37(51)40-25-13-6-5-7-14-25/h5-9,12-15,18-19,22,29,31H,4,10-11,16-17,20-21,39H2,1-3H3,(H,43,45)(H2,40,42,51)/t29-,31-,38-/m0/s1. The molecule has 0 saturated carbocycles. The minimum Gasteiger partial charge on any atom is -0.457 e. The molecule has 6 rings (SSSR count). The molecule has 2 aliphatic rings. The van der Waals surface area contributed by atoms with Crippen molar-refractivity contribution < 1.29 is 23.9 Å². The van der Waals surface area contributed by atoms with Gasteiger partial charge in [0.15, 0.2) is 5.11 Å². The van der Waals surface area contributed by atoms with E-state index in [-0.39, 0.29) is 34.8 Å². The summed E-state index contributed by atoms with van der Waals surface area (Å²) in [6.07, 6.45) is 1.73. The molecule has 13 heteroatoms. The number of benzene rings is 2. The quantitative estimate of drug-likeness (QED) is 0.0831. The summed E-state index contributed by atoms with van der Waals surface area (Å²) in [6.45, 7) is 5.74. The lowest BCUT2D eigenvalue weighted by Crippen LogP contribution is -2.56. The van der Waals surface area contributed by atoms with Crippen LogP contribution in [-0.4, -0.2) is 51.1 Å². The number of pyridine rings is 2. The number of rotatable bonds is 12. The van der Waals surface area contributed by atoms with Gasteiger partial charge in [0.1, 0.15) is 18.7 Å². The lowest BCUT2D eigenvalue weighted by molar-refractivity contribution is -0.191. The first-order chi connectivity index (χ1) is 24.6. The van der Waals surface area contributed by atoms with Crippen molar-refractivity contribution in [2.24, 2.45) is 11.7 Å². The number of esters is 2. The van der Waals surface area contributed by atoms with Crippen molar-refractivity contribution in [2.45, 2.75) is 77.3 Å². The van der Waals surface area contributed by atoms with Crippen LogP contribution in [0.4, 0.5) is 5.69 Å². The van der Waals surface area contributed by atoms with E-state index in [1.165, 1.54) is 0 Å². The minimum atomic E-state index is -1.92. The zero-order chi connectivity index (χ0) is 36.3. The summed E-state index contributed by atoms with van der Waals surface area (Å²) in [5.74, 6) is -2.51. The van der Waals surface area contributed by atoms with Crippen LogP contribution in [0.5, 0.6) is 0 Å². The number of para-hydroxylation sites is 2. The van der Waals surface area contributed by atoms with Crippen molar-refractivity contribution in [1.29, 1.82) is 0 Å². The van der Waals surface area contributed by atoms with Crippen LogP contribution in [0, 0.1) is 5.92 Å². The highest BCUT2D eigenvalue weighted by molar-refractivity contribution is 7.80. The number of unbranched alkanes of at least 4 members (excludes halogenated alkanes) is 1. The highest BCUT2D eigenvalue weighted by atomic mass is 32.1. The predicted octanol–water partition coefficient (Wildman–Crippen LogP) is 4.26. The maximum atomic E-state index is 14.1. The number of nitrogens with two attached hydrogens (primary N) is 1. The molecule has 5 N–H and O–H groups in total. The Hall–Kier alpha value is -5.14. The fraction of sp³-hybridized carbons (Fsp3) is 0.368. The zero-order valence-corrected chi connectivity index (χ0v) is 29.7. The number of ether oxygens (including phenoxy) is 2. The molecule has 51 heavy (non-hydrogen) atoms. The number of thiocarbonyl (C=S) groups is 1. The van der Waals surface area contributed by atoms with Crippen molar-refractivity contribution in [1.82, 2.24) is 20.2 Å². The Kier molecular flexibility index (Phi) is 10.5. The summed E-state index contributed by atoms with van der Waals surface area (Å²) in [6, 6.07) is 18.8. The molecular formula is C38H42N6O6S. The summed E-state index contributed by atoms with van der Waals surface area (Å²) < 4.78 is 13.3. The minimum absolute atomic E-state index is 0.00701. The average molecular weight is 711 g/mol. The average Bonchev–Trinajstić information content (AvgIpc) is 3.48. The first-order valence-electron chi connectivity index (χ1n) is 17.3. The molecule has 2 aromatic heterocycles. The van der Waals surface area contributed by atoms with Crippen LogP contribution in [0.1, 0.15) is 63.1 Å². The molecule has 4 aromatic rings. The van der Waals surface area contributed by atoms with Gasteiger partial charge >= 0.3 is 11.9 Å². The highest BCUT2D eigenvalue weighted by Gasteiger charge is 2.51. The van der Waals surface area contributed by atoms with Gasteiger partial charge in [-0.25, -0.2) is 14.6 Å². The van der Waals surface area contributed by atoms with Gasteiger partial charge in [-0.3, -0.25) is 9.59 Å². The normalized spacial score (nSPS) is 17.1. The summed E-state index contributed by atoms with van der Waals surface area (Å²) in [7, 11) is 0. The van der Waals surface area contributed by atoms with Crippen LogP contribution < -0.4 is 27.2 Å². The van der Waals surface area contributed by atoms with Crippen molar-refractivity contribution >= 4 is 51.8 Å². The number of hydrogen-bond donors (Lipinski definition) is 4. The number of carbonyl (C=O) groups excluding carboxylic acids is 3.